The number of ether oxygens (including phenoxy) is 1. The van der Waals surface area contributed by atoms with E-state index in [-0.39, 0.29) is 0 Å². The number of rotatable bonds is 2. The molecule has 0 fully saturated rings. The summed E-state index contributed by atoms with van der Waals surface area (Å²) in [4.78, 5) is 0. The molecular formula is C11H15NO. The SMILES string of the molecule is COCc1cccc2c1CNCC2. The van der Waals surface area contributed by atoms with Crippen LogP contribution in [0.2, 0.25) is 0 Å². The first kappa shape index (κ1) is 8.73. The maximum Gasteiger partial charge on any atom is 0.0716 e. The van der Waals surface area contributed by atoms with Crippen molar-refractivity contribution in [3.05, 3.63) is 34.9 Å². The van der Waals surface area contributed by atoms with Crippen LogP contribution in [0.3, 0.4) is 0 Å². The van der Waals surface area contributed by atoms with Crippen LogP contribution in [-0.4, -0.2) is 13.7 Å². The summed E-state index contributed by atoms with van der Waals surface area (Å²) < 4.78 is 5.17. The summed E-state index contributed by atoms with van der Waals surface area (Å²) in [6.45, 7) is 2.82. The molecule has 2 heteroatoms. The quantitative estimate of drug-likeness (QED) is 0.738. The van der Waals surface area contributed by atoms with Gasteiger partial charge in [0.25, 0.3) is 0 Å². The van der Waals surface area contributed by atoms with E-state index in [0.29, 0.717) is 0 Å². The predicted octanol–water partition coefficient (Wildman–Crippen LogP) is 1.48. The van der Waals surface area contributed by atoms with Crippen molar-refractivity contribution in [1.29, 1.82) is 0 Å². The lowest BCUT2D eigenvalue weighted by Crippen LogP contribution is -2.24. The Morgan fingerprint density at radius 1 is 1.46 bits per heavy atom. The Kier molecular flexibility index (Phi) is 2.62. The van der Waals surface area contributed by atoms with Gasteiger partial charge in [-0.1, -0.05) is 18.2 Å². The monoisotopic (exact) mass is 177 g/mol. The van der Waals surface area contributed by atoms with Crippen molar-refractivity contribution < 1.29 is 4.74 Å². The topological polar surface area (TPSA) is 21.3 Å². The van der Waals surface area contributed by atoms with Crippen molar-refractivity contribution in [1.82, 2.24) is 5.32 Å². The van der Waals surface area contributed by atoms with E-state index in [9.17, 15) is 0 Å². The summed E-state index contributed by atoms with van der Waals surface area (Å²) in [5.41, 5.74) is 4.25. The first-order valence-corrected chi connectivity index (χ1v) is 4.71. The molecule has 1 heterocycles. The lowest BCUT2D eigenvalue weighted by atomic mass is 9.96. The van der Waals surface area contributed by atoms with Gasteiger partial charge in [0, 0.05) is 13.7 Å². The highest BCUT2D eigenvalue weighted by Crippen LogP contribution is 2.18. The molecule has 0 spiro atoms. The molecule has 0 aliphatic carbocycles. The summed E-state index contributed by atoms with van der Waals surface area (Å²) in [5, 5.41) is 3.38. The third kappa shape index (κ3) is 1.74. The Balaban J connectivity index is 2.34. The minimum absolute atomic E-state index is 0.727. The van der Waals surface area contributed by atoms with Gasteiger partial charge in [0.05, 0.1) is 6.61 Å². The van der Waals surface area contributed by atoms with E-state index < -0.39 is 0 Å². The Bertz CT molecular complexity index is 296. The molecule has 1 aromatic carbocycles. The van der Waals surface area contributed by atoms with Crippen LogP contribution in [0, 0.1) is 0 Å². The Morgan fingerprint density at radius 2 is 2.38 bits per heavy atom. The molecule has 0 saturated heterocycles. The van der Waals surface area contributed by atoms with E-state index in [0.717, 1.165) is 26.1 Å². The molecule has 1 N–H and O–H groups in total. The summed E-state index contributed by atoms with van der Waals surface area (Å²) in [7, 11) is 1.75. The predicted molar refractivity (Wildman–Crippen MR) is 52.6 cm³/mol. The van der Waals surface area contributed by atoms with Gasteiger partial charge >= 0.3 is 0 Å². The molecule has 2 nitrogen and oxygen atoms in total. The number of methoxy groups -OCH3 is 1. The third-order valence-electron chi connectivity index (χ3n) is 2.54. The lowest BCUT2D eigenvalue weighted by Gasteiger charge is -2.19. The standard InChI is InChI=1S/C11H15NO/c1-13-8-10-4-2-3-9-5-6-12-7-11(9)10/h2-4,12H,5-8H2,1H3. The largest absolute Gasteiger partial charge is 0.380 e. The van der Waals surface area contributed by atoms with Crippen LogP contribution in [0.4, 0.5) is 0 Å². The molecule has 0 aromatic heterocycles. The van der Waals surface area contributed by atoms with Gasteiger partial charge in [0.2, 0.25) is 0 Å². The average Bonchev–Trinajstić information content (AvgIpc) is 2.19. The first-order chi connectivity index (χ1) is 6.42. The highest BCUT2D eigenvalue weighted by molar-refractivity contribution is 5.36. The molecule has 13 heavy (non-hydrogen) atoms. The summed E-state index contributed by atoms with van der Waals surface area (Å²) in [6.07, 6.45) is 1.15. The number of nitrogens with one attached hydrogen (secondary N) is 1. The highest BCUT2D eigenvalue weighted by atomic mass is 16.5. The highest BCUT2D eigenvalue weighted by Gasteiger charge is 2.11. The van der Waals surface area contributed by atoms with E-state index in [2.05, 4.69) is 23.5 Å². The number of benzene rings is 1. The second-order valence-electron chi connectivity index (χ2n) is 3.41. The van der Waals surface area contributed by atoms with Crippen LogP contribution < -0.4 is 5.32 Å². The fourth-order valence-corrected chi connectivity index (χ4v) is 1.88. The van der Waals surface area contributed by atoms with Gasteiger partial charge in [0.15, 0.2) is 0 Å². The lowest BCUT2D eigenvalue weighted by molar-refractivity contribution is 0.184. The molecule has 2 rings (SSSR count). The minimum Gasteiger partial charge on any atom is -0.380 e. The molecule has 1 aliphatic rings. The maximum absolute atomic E-state index is 5.17. The normalized spacial score (nSPS) is 15.5. The maximum atomic E-state index is 5.17. The molecule has 0 bridgehead atoms. The zero-order valence-electron chi connectivity index (χ0n) is 7.97. The van der Waals surface area contributed by atoms with Crippen LogP contribution in [0.1, 0.15) is 16.7 Å². The first-order valence-electron chi connectivity index (χ1n) is 4.71. The van der Waals surface area contributed by atoms with Crippen LogP contribution in [0.15, 0.2) is 18.2 Å². The fourth-order valence-electron chi connectivity index (χ4n) is 1.88. The van der Waals surface area contributed by atoms with Crippen LogP contribution in [-0.2, 0) is 24.3 Å². The molecule has 0 atom stereocenters. The van der Waals surface area contributed by atoms with E-state index in [1.807, 2.05) is 0 Å². The molecule has 0 amide bonds. The Labute approximate surface area is 78.9 Å². The van der Waals surface area contributed by atoms with Crippen molar-refractivity contribution in [3.63, 3.8) is 0 Å². The smallest absolute Gasteiger partial charge is 0.0716 e. The molecular weight excluding hydrogens is 162 g/mol. The van der Waals surface area contributed by atoms with Crippen molar-refractivity contribution in [2.24, 2.45) is 0 Å². The number of hydrogen-bond acceptors (Lipinski definition) is 2. The van der Waals surface area contributed by atoms with Gasteiger partial charge in [-0.15, -0.1) is 0 Å². The number of hydrogen-bond donors (Lipinski definition) is 1. The van der Waals surface area contributed by atoms with E-state index >= 15 is 0 Å². The van der Waals surface area contributed by atoms with Crippen molar-refractivity contribution >= 4 is 0 Å². The summed E-state index contributed by atoms with van der Waals surface area (Å²) in [6, 6.07) is 6.49. The second-order valence-corrected chi connectivity index (χ2v) is 3.41. The minimum atomic E-state index is 0.727. The van der Waals surface area contributed by atoms with Gasteiger partial charge < -0.3 is 10.1 Å². The van der Waals surface area contributed by atoms with Gasteiger partial charge in [0.1, 0.15) is 0 Å². The van der Waals surface area contributed by atoms with Crippen molar-refractivity contribution in [2.45, 2.75) is 19.6 Å². The van der Waals surface area contributed by atoms with Gasteiger partial charge in [-0.25, -0.2) is 0 Å². The Hall–Kier alpha value is -0.860. The van der Waals surface area contributed by atoms with Gasteiger partial charge in [-0.3, -0.25) is 0 Å². The van der Waals surface area contributed by atoms with Crippen LogP contribution in [0.25, 0.3) is 0 Å². The van der Waals surface area contributed by atoms with Crippen molar-refractivity contribution in [3.8, 4) is 0 Å². The fraction of sp³-hybridized carbons (Fsp3) is 0.455. The zero-order chi connectivity index (χ0) is 9.10. The molecule has 0 saturated carbocycles. The molecule has 1 aromatic rings. The van der Waals surface area contributed by atoms with Gasteiger partial charge in [-0.2, -0.15) is 0 Å². The van der Waals surface area contributed by atoms with E-state index in [4.69, 9.17) is 4.74 Å². The summed E-state index contributed by atoms with van der Waals surface area (Å²) in [5.74, 6) is 0. The summed E-state index contributed by atoms with van der Waals surface area (Å²) >= 11 is 0. The Morgan fingerprint density at radius 3 is 3.23 bits per heavy atom. The zero-order valence-corrected chi connectivity index (χ0v) is 7.97. The van der Waals surface area contributed by atoms with Crippen LogP contribution in [0.5, 0.6) is 0 Å². The van der Waals surface area contributed by atoms with Gasteiger partial charge in [-0.05, 0) is 29.7 Å². The molecule has 1 aliphatic heterocycles. The second kappa shape index (κ2) is 3.90. The third-order valence-corrected chi connectivity index (χ3v) is 2.54. The molecule has 70 valence electrons. The average molecular weight is 177 g/mol. The molecule has 0 radical (unpaired) electrons. The van der Waals surface area contributed by atoms with Crippen molar-refractivity contribution in [2.75, 3.05) is 13.7 Å². The number of fused-ring (bicyclic) bond motifs is 1. The van der Waals surface area contributed by atoms with E-state index in [1.165, 1.54) is 16.7 Å². The molecule has 0 unspecified atom stereocenters. The van der Waals surface area contributed by atoms with Crippen LogP contribution >= 0.6 is 0 Å². The van der Waals surface area contributed by atoms with E-state index in [1.54, 1.807) is 7.11 Å².